The number of halogens is 2. The molecule has 0 aliphatic rings. The van der Waals surface area contributed by atoms with Gasteiger partial charge in [-0.1, -0.05) is 51.8 Å². The van der Waals surface area contributed by atoms with Gasteiger partial charge in [0.25, 0.3) is 11.8 Å². The van der Waals surface area contributed by atoms with Gasteiger partial charge in [-0.2, -0.15) is 0 Å². The molecule has 0 heterocycles. The highest BCUT2D eigenvalue weighted by Crippen LogP contribution is 2.19. The fourth-order valence-electron chi connectivity index (χ4n) is 2.72. The van der Waals surface area contributed by atoms with Crippen molar-refractivity contribution in [2.45, 2.75) is 6.92 Å². The number of benzene rings is 3. The minimum Gasteiger partial charge on any atom is -0.494 e. The predicted molar refractivity (Wildman–Crippen MR) is 127 cm³/mol. The van der Waals surface area contributed by atoms with Crippen molar-refractivity contribution in [2.75, 3.05) is 11.9 Å². The lowest BCUT2D eigenvalue weighted by Crippen LogP contribution is -2.30. The number of rotatable bonds is 7. The number of amides is 2. The highest BCUT2D eigenvalue weighted by atomic mass is 79.9. The summed E-state index contributed by atoms with van der Waals surface area (Å²) in [5.74, 6) is -0.235. The summed E-state index contributed by atoms with van der Waals surface area (Å²) in [4.78, 5) is 25.7. The van der Waals surface area contributed by atoms with Crippen LogP contribution < -0.4 is 15.4 Å². The third-order valence-corrected chi connectivity index (χ3v) is 5.07. The summed E-state index contributed by atoms with van der Waals surface area (Å²) in [6.07, 6.45) is 1.60. The number of carbonyl (C=O) groups excluding carboxylic acids is 2. The average Bonchev–Trinajstić information content (AvgIpc) is 2.76. The van der Waals surface area contributed by atoms with Crippen LogP contribution in [0.2, 0.25) is 5.02 Å². The second-order valence-corrected chi connectivity index (χ2v) is 7.78. The predicted octanol–water partition coefficient (Wildman–Crippen LogP) is 5.91. The lowest BCUT2D eigenvalue weighted by molar-refractivity contribution is -0.113. The molecule has 0 atom stereocenters. The van der Waals surface area contributed by atoms with Gasteiger partial charge in [0.1, 0.15) is 11.4 Å². The van der Waals surface area contributed by atoms with E-state index in [2.05, 4.69) is 26.6 Å². The molecule has 0 radical (unpaired) electrons. The lowest BCUT2D eigenvalue weighted by Gasteiger charge is -2.12. The molecule has 0 saturated carbocycles. The van der Waals surface area contributed by atoms with E-state index in [1.165, 1.54) is 0 Å². The van der Waals surface area contributed by atoms with Gasteiger partial charge in [0.15, 0.2) is 0 Å². The zero-order valence-electron chi connectivity index (χ0n) is 16.7. The highest BCUT2D eigenvalue weighted by Gasteiger charge is 2.17. The summed E-state index contributed by atoms with van der Waals surface area (Å²) in [5, 5.41) is 5.77. The first kappa shape index (κ1) is 22.6. The maximum absolute atomic E-state index is 13.0. The molecule has 2 N–H and O–H groups in total. The number of carbonyl (C=O) groups is 2. The lowest BCUT2D eigenvalue weighted by atomic mass is 10.1. The molecule has 0 bridgehead atoms. The maximum Gasteiger partial charge on any atom is 0.272 e. The van der Waals surface area contributed by atoms with E-state index in [0.717, 1.165) is 10.0 Å². The molecule has 0 spiro atoms. The van der Waals surface area contributed by atoms with Crippen LogP contribution in [-0.4, -0.2) is 18.4 Å². The van der Waals surface area contributed by atoms with E-state index in [-0.39, 0.29) is 11.3 Å². The van der Waals surface area contributed by atoms with E-state index >= 15 is 0 Å². The Kier molecular flexibility index (Phi) is 7.87. The van der Waals surface area contributed by atoms with E-state index in [1.54, 1.807) is 54.6 Å². The summed E-state index contributed by atoms with van der Waals surface area (Å²) in [6, 6.07) is 21.0. The first-order chi connectivity index (χ1) is 15.0. The van der Waals surface area contributed by atoms with Crippen molar-refractivity contribution >= 4 is 51.1 Å². The number of anilines is 1. The Bertz CT molecular complexity index is 1100. The fraction of sp³-hybridized carbons (Fsp3) is 0.0833. The zero-order chi connectivity index (χ0) is 22.2. The number of ether oxygens (including phenoxy) is 1. The van der Waals surface area contributed by atoms with Crippen LogP contribution in [0.4, 0.5) is 5.69 Å². The largest absolute Gasteiger partial charge is 0.494 e. The average molecular weight is 500 g/mol. The molecule has 0 aliphatic heterocycles. The van der Waals surface area contributed by atoms with E-state index in [0.29, 0.717) is 23.1 Å². The number of hydrogen-bond donors (Lipinski definition) is 2. The van der Waals surface area contributed by atoms with Crippen LogP contribution in [0.3, 0.4) is 0 Å². The Hall–Kier alpha value is -3.09. The molecule has 0 aromatic heterocycles. The normalized spacial score (nSPS) is 11.0. The Morgan fingerprint density at radius 2 is 1.68 bits per heavy atom. The Labute approximate surface area is 194 Å². The SMILES string of the molecule is CCOc1ccc(NC(=O)/C(=C/c2ccc(Br)cc2)NC(=O)c2ccccc2Cl)cc1. The van der Waals surface area contributed by atoms with Gasteiger partial charge in [-0.15, -0.1) is 0 Å². The van der Waals surface area contributed by atoms with Crippen molar-refractivity contribution in [3.05, 3.63) is 99.1 Å². The molecular weight excluding hydrogens is 480 g/mol. The second-order valence-electron chi connectivity index (χ2n) is 6.46. The van der Waals surface area contributed by atoms with Gasteiger partial charge in [-0.3, -0.25) is 9.59 Å². The quantitative estimate of drug-likeness (QED) is 0.397. The monoisotopic (exact) mass is 498 g/mol. The van der Waals surface area contributed by atoms with Crippen molar-refractivity contribution in [3.63, 3.8) is 0 Å². The molecule has 0 saturated heterocycles. The van der Waals surface area contributed by atoms with E-state index < -0.39 is 11.8 Å². The first-order valence-corrected chi connectivity index (χ1v) is 10.7. The summed E-state index contributed by atoms with van der Waals surface area (Å²) in [7, 11) is 0. The van der Waals surface area contributed by atoms with Crippen molar-refractivity contribution in [3.8, 4) is 5.75 Å². The summed E-state index contributed by atoms with van der Waals surface area (Å²) >= 11 is 9.52. The molecule has 5 nitrogen and oxygen atoms in total. The standard InChI is InChI=1S/C24H20BrClN2O3/c1-2-31-19-13-11-18(12-14-19)27-24(30)22(15-16-7-9-17(25)10-8-16)28-23(29)20-5-3-4-6-21(20)26/h3-15H,2H2,1H3,(H,27,30)(H,28,29)/b22-15-. The first-order valence-electron chi connectivity index (χ1n) is 9.53. The van der Waals surface area contributed by atoms with Gasteiger partial charge in [0.05, 0.1) is 17.2 Å². The molecule has 0 aliphatic carbocycles. The molecular formula is C24H20BrClN2O3. The van der Waals surface area contributed by atoms with E-state index in [1.807, 2.05) is 31.2 Å². The van der Waals surface area contributed by atoms with Crippen molar-refractivity contribution in [2.24, 2.45) is 0 Å². The van der Waals surface area contributed by atoms with Crippen LogP contribution in [0.15, 0.2) is 83.0 Å². The Morgan fingerprint density at radius 1 is 1.00 bits per heavy atom. The molecule has 0 unspecified atom stereocenters. The topological polar surface area (TPSA) is 67.4 Å². The summed E-state index contributed by atoms with van der Waals surface area (Å²) in [5.41, 5.74) is 1.68. The van der Waals surface area contributed by atoms with Crippen LogP contribution in [-0.2, 0) is 4.79 Å². The van der Waals surface area contributed by atoms with Gasteiger partial charge in [-0.05, 0) is 67.1 Å². The molecule has 0 fully saturated rings. The summed E-state index contributed by atoms with van der Waals surface area (Å²) in [6.45, 7) is 2.45. The molecule has 3 rings (SSSR count). The van der Waals surface area contributed by atoms with Crippen molar-refractivity contribution < 1.29 is 14.3 Å². The Morgan fingerprint density at radius 3 is 2.32 bits per heavy atom. The Balaban J connectivity index is 1.85. The number of nitrogens with one attached hydrogen (secondary N) is 2. The number of hydrogen-bond acceptors (Lipinski definition) is 3. The van der Waals surface area contributed by atoms with E-state index in [4.69, 9.17) is 16.3 Å². The van der Waals surface area contributed by atoms with Crippen molar-refractivity contribution in [1.29, 1.82) is 0 Å². The van der Waals surface area contributed by atoms with Crippen LogP contribution in [0.25, 0.3) is 6.08 Å². The second kappa shape index (κ2) is 10.8. The van der Waals surface area contributed by atoms with E-state index in [9.17, 15) is 9.59 Å². The molecule has 31 heavy (non-hydrogen) atoms. The third kappa shape index (κ3) is 6.44. The molecule has 7 heteroatoms. The smallest absolute Gasteiger partial charge is 0.272 e. The molecule has 3 aromatic rings. The van der Waals surface area contributed by atoms with Gasteiger partial charge < -0.3 is 15.4 Å². The minimum absolute atomic E-state index is 0.0844. The summed E-state index contributed by atoms with van der Waals surface area (Å²) < 4.78 is 6.32. The van der Waals surface area contributed by atoms with Gasteiger partial charge >= 0.3 is 0 Å². The van der Waals surface area contributed by atoms with Crippen LogP contribution in [0, 0.1) is 0 Å². The fourth-order valence-corrected chi connectivity index (χ4v) is 3.20. The highest BCUT2D eigenvalue weighted by molar-refractivity contribution is 9.10. The van der Waals surface area contributed by atoms with Crippen molar-refractivity contribution in [1.82, 2.24) is 5.32 Å². The van der Waals surface area contributed by atoms with Crippen LogP contribution in [0.5, 0.6) is 5.75 Å². The third-order valence-electron chi connectivity index (χ3n) is 4.22. The van der Waals surface area contributed by atoms with Crippen LogP contribution >= 0.6 is 27.5 Å². The van der Waals surface area contributed by atoms with Gasteiger partial charge in [0, 0.05) is 10.2 Å². The van der Waals surface area contributed by atoms with Gasteiger partial charge in [0.2, 0.25) is 0 Å². The van der Waals surface area contributed by atoms with Crippen LogP contribution in [0.1, 0.15) is 22.8 Å². The zero-order valence-corrected chi connectivity index (χ0v) is 19.0. The molecule has 2 amide bonds. The maximum atomic E-state index is 13.0. The molecule has 158 valence electrons. The molecule has 3 aromatic carbocycles. The minimum atomic E-state index is -0.476. The van der Waals surface area contributed by atoms with Gasteiger partial charge in [-0.25, -0.2) is 0 Å².